The van der Waals surface area contributed by atoms with E-state index in [0.717, 1.165) is 21.9 Å². The van der Waals surface area contributed by atoms with Crippen LogP contribution in [-0.2, 0) is 23.9 Å². The largest absolute Gasteiger partial charge is 0.465 e. The molecule has 2 N–H and O–H groups in total. The zero-order valence-electron chi connectivity index (χ0n) is 22.5. The fraction of sp³-hybridized carbons (Fsp3) is 0.429. The number of benzene rings is 2. The molecule has 0 aromatic heterocycles. The normalized spacial score (nSPS) is 20.4. The molecule has 1 aliphatic carbocycles. The molecule has 2 aromatic carbocycles. The van der Waals surface area contributed by atoms with Crippen LogP contribution in [0.25, 0.3) is 0 Å². The van der Waals surface area contributed by atoms with Gasteiger partial charge in [0.1, 0.15) is 24.5 Å². The van der Waals surface area contributed by atoms with E-state index in [1.807, 2.05) is 0 Å². The summed E-state index contributed by atoms with van der Waals surface area (Å²) in [4.78, 5) is 53.7. The lowest BCUT2D eigenvalue weighted by Gasteiger charge is -2.39. The molecule has 2 fully saturated rings. The van der Waals surface area contributed by atoms with Crippen LogP contribution in [-0.4, -0.2) is 77.8 Å². The summed E-state index contributed by atoms with van der Waals surface area (Å²) in [5.41, 5.74) is 0.00980. The minimum atomic E-state index is -2.94. The number of halogens is 4. The van der Waals surface area contributed by atoms with Gasteiger partial charge in [0.15, 0.2) is 0 Å². The van der Waals surface area contributed by atoms with Gasteiger partial charge in [-0.25, -0.2) is 22.8 Å². The highest BCUT2D eigenvalue weighted by atomic mass is 35.5. The fourth-order valence-corrected chi connectivity index (χ4v) is 5.32. The van der Waals surface area contributed by atoms with Crippen LogP contribution in [0.1, 0.15) is 37.8 Å². The number of anilines is 1. The third-order valence-corrected chi connectivity index (χ3v) is 7.35. The Hall–Kier alpha value is -3.84. The fourth-order valence-electron chi connectivity index (χ4n) is 5.08. The van der Waals surface area contributed by atoms with Gasteiger partial charge in [-0.1, -0.05) is 35.9 Å². The number of carbonyl (C=O) groups excluding carboxylic acids is 3. The molecule has 1 aliphatic heterocycles. The van der Waals surface area contributed by atoms with Crippen molar-refractivity contribution in [2.75, 3.05) is 24.7 Å². The zero-order valence-corrected chi connectivity index (χ0v) is 23.2. The highest BCUT2D eigenvalue weighted by Gasteiger charge is 2.49. The third kappa shape index (κ3) is 7.13. The minimum Gasteiger partial charge on any atom is -0.465 e. The number of hydrogen-bond donors (Lipinski definition) is 2. The molecule has 0 spiro atoms. The van der Waals surface area contributed by atoms with Crippen LogP contribution in [0.2, 0.25) is 5.02 Å². The van der Waals surface area contributed by atoms with Crippen LogP contribution in [0.5, 0.6) is 0 Å². The maximum Gasteiger partial charge on any atom is 0.408 e. The van der Waals surface area contributed by atoms with E-state index in [9.17, 15) is 37.5 Å². The summed E-state index contributed by atoms with van der Waals surface area (Å²) in [6.07, 6.45) is -3.74. The topological polar surface area (TPSA) is 125 Å². The van der Waals surface area contributed by atoms with E-state index >= 15 is 0 Å². The van der Waals surface area contributed by atoms with E-state index < -0.39 is 79.3 Å². The highest BCUT2D eigenvalue weighted by Crippen LogP contribution is 2.39. The second kappa shape index (κ2) is 13.0. The molecule has 2 unspecified atom stereocenters. The van der Waals surface area contributed by atoms with Crippen molar-refractivity contribution in [2.24, 2.45) is 0 Å². The number of likely N-dealkylation sites (tertiary alicyclic amines) is 1. The van der Waals surface area contributed by atoms with Gasteiger partial charge >= 0.3 is 12.1 Å². The summed E-state index contributed by atoms with van der Waals surface area (Å²) in [5.74, 6) is -6.15. The van der Waals surface area contributed by atoms with Crippen molar-refractivity contribution in [1.82, 2.24) is 10.2 Å². The van der Waals surface area contributed by atoms with Crippen molar-refractivity contribution >= 4 is 41.2 Å². The quantitative estimate of drug-likeness (QED) is 0.386. The lowest BCUT2D eigenvalue weighted by Crippen LogP contribution is -2.56. The molecule has 0 radical (unpaired) electrons. The Labute approximate surface area is 244 Å². The summed E-state index contributed by atoms with van der Waals surface area (Å²) in [7, 11) is 0. The molecule has 2 aromatic rings. The van der Waals surface area contributed by atoms with Gasteiger partial charge in [0.05, 0.1) is 19.3 Å². The molecule has 3 atom stereocenters. The van der Waals surface area contributed by atoms with Gasteiger partial charge in [0.25, 0.3) is 11.8 Å². The van der Waals surface area contributed by atoms with Crippen LogP contribution in [0.4, 0.5) is 23.7 Å². The summed E-state index contributed by atoms with van der Waals surface area (Å²) in [6, 6.07) is 6.91. The van der Waals surface area contributed by atoms with Crippen LogP contribution in [0.3, 0.4) is 0 Å². The molecular formula is C28H29ClF3N3O7. The lowest BCUT2D eigenvalue weighted by atomic mass is 9.87. The number of nitrogens with zero attached hydrogens (tertiary/aromatic N) is 2. The van der Waals surface area contributed by atoms with Crippen molar-refractivity contribution in [2.45, 2.75) is 56.3 Å². The molecule has 0 bridgehead atoms. The predicted molar refractivity (Wildman–Crippen MR) is 144 cm³/mol. The van der Waals surface area contributed by atoms with Crippen molar-refractivity contribution in [3.8, 4) is 0 Å². The molecule has 2 aliphatic rings. The van der Waals surface area contributed by atoms with Gasteiger partial charge in [0.2, 0.25) is 5.91 Å². The number of carbonyl (C=O) groups is 4. The second-order valence-electron chi connectivity index (χ2n) is 10.0. The number of amides is 3. The SMILES string of the molecule is CCOC(=O)COC1CC(C(=O)N(c2cccc(F)c2)[C@H](C(=O)NC2CC(F)(F)C2)c2ccccc2Cl)N(C(=O)O)C1. The molecule has 1 saturated carbocycles. The Morgan fingerprint density at radius 1 is 1.17 bits per heavy atom. The van der Waals surface area contributed by atoms with Gasteiger partial charge < -0.3 is 19.9 Å². The van der Waals surface area contributed by atoms with Crippen LogP contribution < -0.4 is 10.2 Å². The first-order valence-corrected chi connectivity index (χ1v) is 13.6. The Morgan fingerprint density at radius 3 is 2.50 bits per heavy atom. The van der Waals surface area contributed by atoms with Gasteiger partial charge in [-0.15, -0.1) is 0 Å². The average molecular weight is 612 g/mol. The first-order valence-electron chi connectivity index (χ1n) is 13.2. The zero-order chi connectivity index (χ0) is 30.6. The van der Waals surface area contributed by atoms with E-state index in [1.54, 1.807) is 19.1 Å². The van der Waals surface area contributed by atoms with Crippen LogP contribution >= 0.6 is 11.6 Å². The highest BCUT2D eigenvalue weighted by molar-refractivity contribution is 6.31. The number of alkyl halides is 2. The predicted octanol–water partition coefficient (Wildman–Crippen LogP) is 4.17. The molecule has 3 amide bonds. The summed E-state index contributed by atoms with van der Waals surface area (Å²) in [6.45, 7) is 0.971. The summed E-state index contributed by atoms with van der Waals surface area (Å²) in [5, 5.41) is 12.5. The number of nitrogens with one attached hydrogen (secondary N) is 1. The summed E-state index contributed by atoms with van der Waals surface area (Å²) >= 11 is 6.44. The Balaban J connectivity index is 1.73. The van der Waals surface area contributed by atoms with Gasteiger partial charge in [-0.05, 0) is 31.2 Å². The Kier molecular flexibility index (Phi) is 9.62. The van der Waals surface area contributed by atoms with E-state index in [1.165, 1.54) is 24.3 Å². The average Bonchev–Trinajstić information content (AvgIpc) is 3.35. The Bertz CT molecular complexity index is 1340. The number of carboxylic acid groups (broad SMARTS) is 1. The molecule has 226 valence electrons. The first kappa shape index (κ1) is 31.1. The minimum absolute atomic E-state index is 0.0583. The first-order chi connectivity index (χ1) is 19.9. The maximum absolute atomic E-state index is 14.5. The van der Waals surface area contributed by atoms with E-state index in [4.69, 9.17) is 21.1 Å². The van der Waals surface area contributed by atoms with E-state index in [2.05, 4.69) is 5.32 Å². The number of esters is 1. The van der Waals surface area contributed by atoms with Crippen molar-refractivity contribution in [1.29, 1.82) is 0 Å². The molecule has 1 heterocycles. The molecule has 4 rings (SSSR count). The van der Waals surface area contributed by atoms with Crippen LogP contribution in [0.15, 0.2) is 48.5 Å². The standard InChI is InChI=1S/C28H29ClF3N3O7/c1-2-41-23(36)15-42-19-11-22(34(14-19)27(39)40)26(38)35(18-7-5-6-16(30)10-18)24(20-8-3-4-9-21(20)29)25(37)33-17-12-28(31,32)13-17/h3-10,17,19,22,24H,2,11-15H2,1H3,(H,33,37)(H,39,40)/t19?,22?,24-/m0/s1. The molecule has 1 saturated heterocycles. The van der Waals surface area contributed by atoms with Gasteiger partial charge in [0, 0.05) is 41.6 Å². The smallest absolute Gasteiger partial charge is 0.408 e. The van der Waals surface area contributed by atoms with E-state index in [0.29, 0.717) is 0 Å². The Morgan fingerprint density at radius 2 is 1.88 bits per heavy atom. The van der Waals surface area contributed by atoms with Crippen molar-refractivity contribution in [3.05, 3.63) is 64.9 Å². The number of hydrogen-bond acceptors (Lipinski definition) is 6. The molecular weight excluding hydrogens is 583 g/mol. The van der Waals surface area contributed by atoms with E-state index in [-0.39, 0.29) is 35.8 Å². The van der Waals surface area contributed by atoms with Crippen molar-refractivity contribution < 1.29 is 46.9 Å². The maximum atomic E-state index is 14.5. The number of rotatable bonds is 10. The molecule has 42 heavy (non-hydrogen) atoms. The van der Waals surface area contributed by atoms with Gasteiger partial charge in [-0.2, -0.15) is 0 Å². The number of ether oxygens (including phenoxy) is 2. The summed E-state index contributed by atoms with van der Waals surface area (Å²) < 4.78 is 51.9. The molecule has 10 nitrogen and oxygen atoms in total. The van der Waals surface area contributed by atoms with Gasteiger partial charge in [-0.3, -0.25) is 19.4 Å². The second-order valence-corrected chi connectivity index (χ2v) is 10.4. The van der Waals surface area contributed by atoms with Crippen molar-refractivity contribution in [3.63, 3.8) is 0 Å². The van der Waals surface area contributed by atoms with Crippen LogP contribution in [0, 0.1) is 5.82 Å². The monoisotopic (exact) mass is 611 g/mol. The lowest BCUT2D eigenvalue weighted by molar-refractivity contribution is -0.150. The third-order valence-electron chi connectivity index (χ3n) is 7.00. The molecule has 14 heteroatoms.